The lowest BCUT2D eigenvalue weighted by Crippen LogP contribution is -2.32. The van der Waals surface area contributed by atoms with Crippen LogP contribution in [0.3, 0.4) is 0 Å². The van der Waals surface area contributed by atoms with Crippen LogP contribution in [0.15, 0.2) is 65.8 Å². The molecule has 9 heteroatoms. The molecule has 1 saturated heterocycles. The first-order valence-electron chi connectivity index (χ1n) is 14.9. The number of imidazole rings is 1. The topological polar surface area (TPSA) is 105 Å². The number of nitrogens with one attached hydrogen (secondary N) is 1. The molecule has 2 aromatic heterocycles. The largest absolute Gasteiger partial charge is 0.496 e. The number of amides is 1. The number of aromatic nitrogens is 3. The van der Waals surface area contributed by atoms with Gasteiger partial charge in [0.2, 0.25) is 5.62 Å². The molecule has 4 aromatic rings. The van der Waals surface area contributed by atoms with E-state index in [1.165, 1.54) is 12.0 Å². The number of nitrogens with zero attached hydrogens (tertiary/aromatic N) is 4. The van der Waals surface area contributed by atoms with Crippen molar-refractivity contribution >= 4 is 16.9 Å². The summed E-state index contributed by atoms with van der Waals surface area (Å²) in [6.07, 6.45) is 6.83. The number of aromatic amines is 1. The molecule has 9 nitrogen and oxygen atoms in total. The number of methoxy groups -OCH3 is 2. The number of hydrogen-bond acceptors (Lipinski definition) is 6. The maximum Gasteiger partial charge on any atom is 0.280 e. The Hall–Kier alpha value is -3.79. The summed E-state index contributed by atoms with van der Waals surface area (Å²) in [7, 11) is 3.39. The number of aliphatic hydroxyl groups is 1. The van der Waals surface area contributed by atoms with Crippen molar-refractivity contribution in [2.24, 2.45) is 4.99 Å². The number of fused-ring (bicyclic) bond motifs is 1. The molecule has 2 fully saturated rings. The molecule has 3 heterocycles. The van der Waals surface area contributed by atoms with Crippen molar-refractivity contribution in [1.29, 1.82) is 0 Å². The van der Waals surface area contributed by atoms with Gasteiger partial charge < -0.3 is 24.1 Å². The Labute approximate surface area is 245 Å². The molecule has 0 spiro atoms. The fourth-order valence-corrected chi connectivity index (χ4v) is 6.50. The van der Waals surface area contributed by atoms with Crippen LogP contribution in [-0.2, 0) is 11.3 Å². The molecule has 2 aliphatic rings. The van der Waals surface area contributed by atoms with Crippen LogP contribution in [0.1, 0.15) is 60.5 Å². The number of hydrogen-bond donors (Lipinski definition) is 2. The van der Waals surface area contributed by atoms with Crippen LogP contribution in [0, 0.1) is 0 Å². The molecule has 1 saturated carbocycles. The summed E-state index contributed by atoms with van der Waals surface area (Å²) >= 11 is 0. The Morgan fingerprint density at radius 3 is 2.71 bits per heavy atom. The summed E-state index contributed by atoms with van der Waals surface area (Å²) in [6, 6.07) is 18.2. The molecule has 1 aliphatic carbocycles. The Bertz CT molecular complexity index is 1620. The molecule has 2 aromatic carbocycles. The van der Waals surface area contributed by atoms with Gasteiger partial charge in [-0.3, -0.25) is 14.7 Å². The number of aliphatic hydroxyl groups excluding tert-OH is 1. The van der Waals surface area contributed by atoms with Crippen LogP contribution in [0.5, 0.6) is 5.75 Å². The molecule has 0 bridgehead atoms. The second kappa shape index (κ2) is 12.6. The monoisotopic (exact) mass is 569 g/mol. The zero-order valence-corrected chi connectivity index (χ0v) is 24.3. The molecule has 1 amide bonds. The highest BCUT2D eigenvalue weighted by atomic mass is 16.5. The number of ether oxygens (including phenoxy) is 2. The molecule has 0 unspecified atom stereocenters. The normalized spacial score (nSPS) is 21.7. The molecule has 6 rings (SSSR count). The third-order valence-corrected chi connectivity index (χ3v) is 8.67. The Morgan fingerprint density at radius 1 is 1.07 bits per heavy atom. The van der Waals surface area contributed by atoms with Gasteiger partial charge in [-0.05, 0) is 87.0 Å². The summed E-state index contributed by atoms with van der Waals surface area (Å²) < 4.78 is 13.1. The van der Waals surface area contributed by atoms with Crippen molar-refractivity contribution < 1.29 is 19.4 Å². The number of H-pyrrole nitrogens is 1. The number of benzene rings is 2. The second-order valence-electron chi connectivity index (χ2n) is 11.4. The number of carbonyl (C=O) groups excluding carboxylic acids is 1. The van der Waals surface area contributed by atoms with Gasteiger partial charge in [0.25, 0.3) is 5.91 Å². The van der Waals surface area contributed by atoms with Gasteiger partial charge in [0.05, 0.1) is 36.5 Å². The molecule has 1 atom stereocenters. The minimum Gasteiger partial charge on any atom is -0.496 e. The van der Waals surface area contributed by atoms with E-state index < -0.39 is 0 Å². The van der Waals surface area contributed by atoms with Crippen LogP contribution in [0.2, 0.25) is 0 Å². The van der Waals surface area contributed by atoms with Gasteiger partial charge in [-0.15, -0.1) is 0 Å². The highest BCUT2D eigenvalue weighted by molar-refractivity contribution is 5.96. The summed E-state index contributed by atoms with van der Waals surface area (Å²) in [5.74, 6) is 0.349. The van der Waals surface area contributed by atoms with E-state index in [-0.39, 0.29) is 18.1 Å². The van der Waals surface area contributed by atoms with E-state index in [1.54, 1.807) is 32.5 Å². The van der Waals surface area contributed by atoms with Crippen molar-refractivity contribution in [2.75, 3.05) is 27.4 Å². The van der Waals surface area contributed by atoms with Gasteiger partial charge in [0, 0.05) is 43.1 Å². The van der Waals surface area contributed by atoms with Crippen molar-refractivity contribution in [2.45, 2.75) is 63.3 Å². The SMILES string of the molecule is COC[C@H]1CCCN1Cc1ccc2c(c1)[nH]/c(=N\C(=O)c1ccnc(-c3ccccc3OC)c1)n2[C@H]1CC[C@@H](O)CC1. The quantitative estimate of drug-likeness (QED) is 0.314. The molecule has 1 aliphatic heterocycles. The second-order valence-corrected chi connectivity index (χ2v) is 11.4. The summed E-state index contributed by atoms with van der Waals surface area (Å²) in [4.78, 5) is 28.7. The van der Waals surface area contributed by atoms with Crippen LogP contribution in [0.25, 0.3) is 22.3 Å². The summed E-state index contributed by atoms with van der Waals surface area (Å²) in [5.41, 5.74) is 5.64. The smallest absolute Gasteiger partial charge is 0.280 e. The lowest BCUT2D eigenvalue weighted by Gasteiger charge is -2.27. The summed E-state index contributed by atoms with van der Waals surface area (Å²) in [6.45, 7) is 2.67. The fourth-order valence-electron chi connectivity index (χ4n) is 6.50. The third kappa shape index (κ3) is 5.90. The number of pyridine rings is 1. The van der Waals surface area contributed by atoms with Crippen molar-refractivity contribution in [1.82, 2.24) is 19.4 Å². The molecule has 0 radical (unpaired) electrons. The van der Waals surface area contributed by atoms with Crippen LogP contribution in [0.4, 0.5) is 0 Å². The van der Waals surface area contributed by atoms with Gasteiger partial charge in [-0.2, -0.15) is 4.99 Å². The van der Waals surface area contributed by atoms with Gasteiger partial charge >= 0.3 is 0 Å². The first-order valence-corrected chi connectivity index (χ1v) is 14.9. The number of para-hydroxylation sites is 1. The van der Waals surface area contributed by atoms with Crippen LogP contribution in [-0.4, -0.2) is 70.0 Å². The average molecular weight is 570 g/mol. The highest BCUT2D eigenvalue weighted by Crippen LogP contribution is 2.31. The van der Waals surface area contributed by atoms with Crippen LogP contribution < -0.4 is 10.4 Å². The molecular formula is C33H39N5O4. The minimum absolute atomic E-state index is 0.144. The maximum atomic E-state index is 13.6. The van der Waals surface area contributed by atoms with E-state index in [0.717, 1.165) is 68.4 Å². The van der Waals surface area contributed by atoms with E-state index in [1.807, 2.05) is 24.3 Å². The van der Waals surface area contributed by atoms with E-state index in [9.17, 15) is 9.90 Å². The average Bonchev–Trinajstić information content (AvgIpc) is 3.61. The van der Waals surface area contributed by atoms with E-state index >= 15 is 0 Å². The zero-order chi connectivity index (χ0) is 29.1. The van der Waals surface area contributed by atoms with Crippen molar-refractivity contribution in [3.05, 3.63) is 77.5 Å². The van der Waals surface area contributed by atoms with Crippen LogP contribution >= 0.6 is 0 Å². The van der Waals surface area contributed by atoms with E-state index in [2.05, 4.69) is 42.6 Å². The molecule has 220 valence electrons. The number of likely N-dealkylation sites (tertiary alicyclic amines) is 1. The molecular weight excluding hydrogens is 530 g/mol. The fraction of sp³-hybridized carbons (Fsp3) is 0.424. The van der Waals surface area contributed by atoms with Crippen molar-refractivity contribution in [3.63, 3.8) is 0 Å². The lowest BCUT2D eigenvalue weighted by atomic mass is 9.93. The van der Waals surface area contributed by atoms with Gasteiger partial charge in [0.1, 0.15) is 5.75 Å². The Morgan fingerprint density at radius 2 is 1.90 bits per heavy atom. The van der Waals surface area contributed by atoms with Gasteiger partial charge in [0.15, 0.2) is 0 Å². The third-order valence-electron chi connectivity index (χ3n) is 8.67. The standard InChI is InChI=1S/C33H39N5O4/c1-41-21-25-6-5-17-37(25)20-22-9-14-30-29(18-22)35-33(38(30)24-10-12-26(39)13-11-24)36-32(40)23-15-16-34-28(19-23)27-7-3-4-8-31(27)42-2/h3-4,7-9,14-16,18-19,24-26,39H,5-6,10-13,17,20-21H2,1-2H3,(H,35,36,40)/t24-,25-,26+/m1/s1. The Balaban J connectivity index is 1.36. The highest BCUT2D eigenvalue weighted by Gasteiger charge is 2.26. The summed E-state index contributed by atoms with van der Waals surface area (Å²) in [5, 5.41) is 10.2. The minimum atomic E-state index is -0.343. The maximum absolute atomic E-state index is 13.6. The lowest BCUT2D eigenvalue weighted by molar-refractivity contribution is 0.0990. The van der Waals surface area contributed by atoms with E-state index in [0.29, 0.717) is 28.7 Å². The number of rotatable bonds is 8. The zero-order valence-electron chi connectivity index (χ0n) is 24.3. The molecule has 42 heavy (non-hydrogen) atoms. The predicted molar refractivity (Wildman–Crippen MR) is 161 cm³/mol. The molecule has 2 N–H and O–H groups in total. The predicted octanol–water partition coefficient (Wildman–Crippen LogP) is 4.87. The van der Waals surface area contributed by atoms with Gasteiger partial charge in [-0.25, -0.2) is 0 Å². The first kappa shape index (κ1) is 28.3. The Kier molecular flexibility index (Phi) is 8.51. The number of carbonyl (C=O) groups is 1. The first-order chi connectivity index (χ1) is 20.5. The van der Waals surface area contributed by atoms with E-state index in [4.69, 9.17) is 9.47 Å². The van der Waals surface area contributed by atoms with Gasteiger partial charge in [-0.1, -0.05) is 18.2 Å². The van der Waals surface area contributed by atoms with Crippen molar-refractivity contribution in [3.8, 4) is 17.0 Å².